The highest BCUT2D eigenvalue weighted by atomic mass is 19.4. The van der Waals surface area contributed by atoms with Gasteiger partial charge in [0.1, 0.15) is 6.04 Å². The minimum absolute atomic E-state index is 0.0720. The van der Waals surface area contributed by atoms with Gasteiger partial charge in [-0.05, 0) is 19.1 Å². The van der Waals surface area contributed by atoms with E-state index in [2.05, 4.69) is 10.3 Å². The van der Waals surface area contributed by atoms with Crippen LogP contribution in [0.25, 0.3) is 0 Å². The number of nitrogens with one attached hydrogen (secondary N) is 1. The minimum atomic E-state index is -4.22. The predicted octanol–water partition coefficient (Wildman–Crippen LogP) is 1.73. The van der Waals surface area contributed by atoms with Crippen molar-refractivity contribution in [1.82, 2.24) is 10.3 Å². The van der Waals surface area contributed by atoms with Crippen molar-refractivity contribution in [3.8, 4) is 0 Å². The highest BCUT2D eigenvalue weighted by Gasteiger charge is 2.44. The number of aryl methyl sites for hydroxylation is 1. The highest BCUT2D eigenvalue weighted by Crippen LogP contribution is 2.29. The van der Waals surface area contributed by atoms with Crippen molar-refractivity contribution in [3.63, 3.8) is 0 Å². The molecule has 0 saturated carbocycles. The van der Waals surface area contributed by atoms with Crippen molar-refractivity contribution >= 4 is 5.69 Å². The number of piperazine rings is 1. The standard InChI is InChI=1S/C11H14F3N3/c1-8-2-3-9(6-16-8)17-5-4-15-7-10(17)11(12,13)14/h2-3,6,10,15H,4-5,7H2,1H3. The molecule has 0 aliphatic carbocycles. The van der Waals surface area contributed by atoms with Crippen LogP contribution in [0.4, 0.5) is 18.9 Å². The number of pyridine rings is 1. The molecule has 1 aliphatic rings. The lowest BCUT2D eigenvalue weighted by Gasteiger charge is -2.38. The molecule has 1 unspecified atom stereocenters. The number of rotatable bonds is 1. The van der Waals surface area contributed by atoms with Crippen LogP contribution >= 0.6 is 0 Å². The molecule has 1 fully saturated rings. The van der Waals surface area contributed by atoms with Crippen molar-refractivity contribution in [1.29, 1.82) is 0 Å². The number of hydrogen-bond donors (Lipinski definition) is 1. The maximum Gasteiger partial charge on any atom is 0.409 e. The maximum absolute atomic E-state index is 12.9. The fourth-order valence-electron chi connectivity index (χ4n) is 1.94. The van der Waals surface area contributed by atoms with Crippen molar-refractivity contribution in [2.45, 2.75) is 19.1 Å². The number of anilines is 1. The van der Waals surface area contributed by atoms with Crippen molar-refractivity contribution in [2.75, 3.05) is 24.5 Å². The first-order chi connectivity index (χ1) is 7.98. The zero-order valence-electron chi connectivity index (χ0n) is 9.46. The molecule has 17 heavy (non-hydrogen) atoms. The summed E-state index contributed by atoms with van der Waals surface area (Å²) < 4.78 is 38.6. The Labute approximate surface area is 97.6 Å². The van der Waals surface area contributed by atoms with Gasteiger partial charge >= 0.3 is 6.18 Å². The lowest BCUT2D eigenvalue weighted by atomic mass is 10.1. The number of alkyl halides is 3. The Hall–Kier alpha value is -1.30. The molecule has 1 aliphatic heterocycles. The van der Waals surface area contributed by atoms with Crippen LogP contribution in [-0.2, 0) is 0 Å². The van der Waals surface area contributed by atoms with E-state index in [-0.39, 0.29) is 6.54 Å². The minimum Gasteiger partial charge on any atom is -0.356 e. The normalized spacial score (nSPS) is 21.6. The molecule has 0 aromatic carbocycles. The molecule has 1 saturated heterocycles. The van der Waals surface area contributed by atoms with Crippen LogP contribution in [0.15, 0.2) is 18.3 Å². The van der Waals surface area contributed by atoms with Gasteiger partial charge in [-0.2, -0.15) is 13.2 Å². The van der Waals surface area contributed by atoms with Gasteiger partial charge in [-0.1, -0.05) is 0 Å². The lowest BCUT2D eigenvalue weighted by Crippen LogP contribution is -2.58. The van der Waals surface area contributed by atoms with E-state index in [4.69, 9.17) is 0 Å². The van der Waals surface area contributed by atoms with Crippen molar-refractivity contribution < 1.29 is 13.2 Å². The van der Waals surface area contributed by atoms with Gasteiger partial charge in [0.15, 0.2) is 0 Å². The first-order valence-electron chi connectivity index (χ1n) is 5.45. The fourth-order valence-corrected chi connectivity index (χ4v) is 1.94. The monoisotopic (exact) mass is 245 g/mol. The number of halogens is 3. The smallest absolute Gasteiger partial charge is 0.356 e. The van der Waals surface area contributed by atoms with Crippen molar-refractivity contribution in [3.05, 3.63) is 24.0 Å². The second-order valence-electron chi connectivity index (χ2n) is 4.11. The van der Waals surface area contributed by atoms with Gasteiger partial charge in [0, 0.05) is 25.3 Å². The zero-order chi connectivity index (χ0) is 12.5. The first kappa shape index (κ1) is 12.2. The number of aromatic nitrogens is 1. The Morgan fingerprint density at radius 2 is 2.18 bits per heavy atom. The van der Waals surface area contributed by atoms with E-state index < -0.39 is 12.2 Å². The molecule has 2 heterocycles. The summed E-state index contributed by atoms with van der Waals surface area (Å²) in [4.78, 5) is 5.41. The van der Waals surface area contributed by atoms with Gasteiger partial charge in [0.05, 0.1) is 11.9 Å². The van der Waals surface area contributed by atoms with Crippen LogP contribution in [0.1, 0.15) is 5.69 Å². The topological polar surface area (TPSA) is 28.2 Å². The molecule has 3 nitrogen and oxygen atoms in total. The van der Waals surface area contributed by atoms with E-state index in [0.29, 0.717) is 18.8 Å². The van der Waals surface area contributed by atoms with Crippen LogP contribution in [-0.4, -0.2) is 36.8 Å². The summed E-state index contributed by atoms with van der Waals surface area (Å²) >= 11 is 0. The molecule has 1 aromatic rings. The summed E-state index contributed by atoms with van der Waals surface area (Å²) in [5.41, 5.74) is 1.33. The van der Waals surface area contributed by atoms with E-state index in [1.165, 1.54) is 11.1 Å². The molecule has 1 atom stereocenters. The van der Waals surface area contributed by atoms with Crippen LogP contribution < -0.4 is 10.2 Å². The molecular weight excluding hydrogens is 231 g/mol. The van der Waals surface area contributed by atoms with E-state index in [1.54, 1.807) is 12.1 Å². The Morgan fingerprint density at radius 3 is 2.76 bits per heavy atom. The van der Waals surface area contributed by atoms with E-state index in [9.17, 15) is 13.2 Å². The maximum atomic E-state index is 12.9. The van der Waals surface area contributed by atoms with Crippen LogP contribution in [0.3, 0.4) is 0 Å². The van der Waals surface area contributed by atoms with Crippen molar-refractivity contribution in [2.24, 2.45) is 0 Å². The van der Waals surface area contributed by atoms with E-state index >= 15 is 0 Å². The Bertz CT molecular complexity index is 375. The molecule has 0 radical (unpaired) electrons. The molecule has 6 heteroatoms. The average molecular weight is 245 g/mol. The van der Waals surface area contributed by atoms with Crippen LogP contribution in [0, 0.1) is 6.92 Å². The summed E-state index contributed by atoms with van der Waals surface area (Å²) in [5, 5.41) is 2.77. The summed E-state index contributed by atoms with van der Waals surface area (Å²) in [5.74, 6) is 0. The Morgan fingerprint density at radius 1 is 1.41 bits per heavy atom. The third-order valence-electron chi connectivity index (χ3n) is 2.85. The van der Waals surface area contributed by atoms with Crippen LogP contribution in [0.5, 0.6) is 0 Å². The van der Waals surface area contributed by atoms with E-state index in [0.717, 1.165) is 5.69 Å². The third-order valence-corrected chi connectivity index (χ3v) is 2.85. The third kappa shape index (κ3) is 2.69. The van der Waals surface area contributed by atoms with Gasteiger partial charge in [-0.15, -0.1) is 0 Å². The quantitative estimate of drug-likeness (QED) is 0.816. The SMILES string of the molecule is Cc1ccc(N2CCNCC2C(F)(F)F)cn1. The summed E-state index contributed by atoms with van der Waals surface area (Å²) in [7, 11) is 0. The molecule has 2 rings (SSSR count). The first-order valence-corrected chi connectivity index (χ1v) is 5.45. The summed E-state index contributed by atoms with van der Waals surface area (Å²) in [6.45, 7) is 2.63. The second kappa shape index (κ2) is 4.52. The second-order valence-corrected chi connectivity index (χ2v) is 4.11. The highest BCUT2D eigenvalue weighted by molar-refractivity contribution is 5.46. The van der Waals surface area contributed by atoms with E-state index in [1.807, 2.05) is 6.92 Å². The molecule has 0 bridgehead atoms. The zero-order valence-corrected chi connectivity index (χ0v) is 9.46. The molecular formula is C11H14F3N3. The molecule has 1 aromatic heterocycles. The average Bonchev–Trinajstić information content (AvgIpc) is 2.29. The Kier molecular flexibility index (Phi) is 3.24. The van der Waals surface area contributed by atoms with Gasteiger partial charge in [-0.25, -0.2) is 0 Å². The van der Waals surface area contributed by atoms with Gasteiger partial charge in [-0.3, -0.25) is 4.98 Å². The molecule has 94 valence electrons. The summed E-state index contributed by atoms with van der Waals surface area (Å²) in [6, 6.07) is 1.94. The number of hydrogen-bond acceptors (Lipinski definition) is 3. The van der Waals surface area contributed by atoms with Gasteiger partial charge in [0.25, 0.3) is 0 Å². The lowest BCUT2D eigenvalue weighted by molar-refractivity contribution is -0.149. The Balaban J connectivity index is 2.25. The van der Waals surface area contributed by atoms with Gasteiger partial charge in [0.2, 0.25) is 0 Å². The fraction of sp³-hybridized carbons (Fsp3) is 0.545. The summed E-state index contributed by atoms with van der Waals surface area (Å²) in [6.07, 6.45) is -2.72. The predicted molar refractivity (Wildman–Crippen MR) is 59.0 cm³/mol. The van der Waals surface area contributed by atoms with Gasteiger partial charge < -0.3 is 10.2 Å². The number of nitrogens with zero attached hydrogens (tertiary/aromatic N) is 2. The molecule has 0 amide bonds. The molecule has 0 spiro atoms. The largest absolute Gasteiger partial charge is 0.409 e. The molecule has 1 N–H and O–H groups in total. The van der Waals surface area contributed by atoms with Crippen LogP contribution in [0.2, 0.25) is 0 Å².